The second-order valence-corrected chi connectivity index (χ2v) is 6.77. The average molecular weight is 466 g/mol. The maximum Gasteiger partial charge on any atom is 0.191 e. The van der Waals surface area contributed by atoms with Gasteiger partial charge in [0, 0.05) is 36.2 Å². The van der Waals surface area contributed by atoms with Crippen molar-refractivity contribution in [2.24, 2.45) is 4.99 Å². The van der Waals surface area contributed by atoms with Crippen LogP contribution in [-0.4, -0.2) is 38.3 Å². The monoisotopic (exact) mass is 465 g/mol. The minimum atomic E-state index is -0.0457. The van der Waals surface area contributed by atoms with E-state index < -0.39 is 0 Å². The lowest BCUT2D eigenvalue weighted by molar-refractivity contribution is 0.0531. The Morgan fingerprint density at radius 1 is 1.29 bits per heavy atom. The van der Waals surface area contributed by atoms with Crippen molar-refractivity contribution in [3.8, 4) is 0 Å². The van der Waals surface area contributed by atoms with Gasteiger partial charge in [-0.1, -0.05) is 29.8 Å². The molecule has 2 rings (SSSR count). The number of rotatable bonds is 5. The normalized spacial score (nSPS) is 17.3. The van der Waals surface area contributed by atoms with Gasteiger partial charge in [-0.25, -0.2) is 0 Å². The zero-order valence-electron chi connectivity index (χ0n) is 14.8. The lowest BCUT2D eigenvalue weighted by Crippen LogP contribution is -2.43. The molecule has 1 aliphatic heterocycles. The summed E-state index contributed by atoms with van der Waals surface area (Å²) in [7, 11) is 0. The van der Waals surface area contributed by atoms with Gasteiger partial charge in [0.05, 0.1) is 6.54 Å². The maximum absolute atomic E-state index is 6.49. The van der Waals surface area contributed by atoms with E-state index in [1.54, 1.807) is 0 Å². The summed E-state index contributed by atoms with van der Waals surface area (Å²) in [6.45, 7) is 9.39. The second-order valence-electron chi connectivity index (χ2n) is 6.37. The summed E-state index contributed by atoms with van der Waals surface area (Å²) in [6, 6.07) is 8.48. The molecule has 1 heterocycles. The SMILES string of the molecule is CCNC(=NCC1(c2ccccc2Cl)CCOCC1)NC(C)C.I. The Morgan fingerprint density at radius 3 is 2.54 bits per heavy atom. The molecule has 2 N–H and O–H groups in total. The highest BCUT2D eigenvalue weighted by Gasteiger charge is 2.36. The molecule has 24 heavy (non-hydrogen) atoms. The number of halogens is 2. The first-order chi connectivity index (χ1) is 11.1. The van der Waals surface area contributed by atoms with E-state index in [0.717, 1.165) is 43.6 Å². The maximum atomic E-state index is 6.49. The Labute approximate surface area is 167 Å². The van der Waals surface area contributed by atoms with Gasteiger partial charge in [-0.15, -0.1) is 24.0 Å². The number of nitrogens with zero attached hydrogens (tertiary/aromatic N) is 1. The molecule has 0 atom stereocenters. The fraction of sp³-hybridized carbons (Fsp3) is 0.611. The average Bonchev–Trinajstić information content (AvgIpc) is 2.54. The third kappa shape index (κ3) is 5.77. The molecule has 0 aromatic heterocycles. The van der Waals surface area contributed by atoms with Crippen molar-refractivity contribution >= 4 is 41.5 Å². The largest absolute Gasteiger partial charge is 0.381 e. The van der Waals surface area contributed by atoms with Crippen molar-refractivity contribution in [1.29, 1.82) is 0 Å². The first-order valence-corrected chi connectivity index (χ1v) is 8.83. The van der Waals surface area contributed by atoms with Crippen LogP contribution in [0.3, 0.4) is 0 Å². The Morgan fingerprint density at radius 2 is 1.96 bits per heavy atom. The van der Waals surface area contributed by atoms with Crippen molar-refractivity contribution in [3.05, 3.63) is 34.9 Å². The number of hydrogen-bond acceptors (Lipinski definition) is 2. The second kappa shape index (κ2) is 10.5. The van der Waals surface area contributed by atoms with Crippen LogP contribution in [0.1, 0.15) is 39.2 Å². The van der Waals surface area contributed by atoms with Crippen molar-refractivity contribution in [3.63, 3.8) is 0 Å². The predicted molar refractivity (Wildman–Crippen MR) is 113 cm³/mol. The van der Waals surface area contributed by atoms with Crippen molar-refractivity contribution in [1.82, 2.24) is 10.6 Å². The molecular weight excluding hydrogens is 437 g/mol. The van der Waals surface area contributed by atoms with Crippen molar-refractivity contribution < 1.29 is 4.74 Å². The van der Waals surface area contributed by atoms with Crippen LogP contribution in [0.2, 0.25) is 5.02 Å². The molecule has 6 heteroatoms. The minimum absolute atomic E-state index is 0. The topological polar surface area (TPSA) is 45.7 Å². The van der Waals surface area contributed by atoms with Gasteiger partial charge in [0.25, 0.3) is 0 Å². The molecule has 1 aromatic rings. The Hall–Kier alpha value is -0.530. The Balaban J connectivity index is 0.00000288. The summed E-state index contributed by atoms with van der Waals surface area (Å²) in [4.78, 5) is 4.85. The molecule has 1 saturated heterocycles. The van der Waals surface area contributed by atoms with Gasteiger partial charge in [-0.2, -0.15) is 0 Å². The number of aliphatic imine (C=N–C) groups is 1. The minimum Gasteiger partial charge on any atom is -0.381 e. The Kier molecular flexibility index (Phi) is 9.37. The molecule has 1 aromatic carbocycles. The molecule has 0 aliphatic carbocycles. The van der Waals surface area contributed by atoms with E-state index in [9.17, 15) is 0 Å². The van der Waals surface area contributed by atoms with Crippen LogP contribution in [0.25, 0.3) is 0 Å². The summed E-state index contributed by atoms with van der Waals surface area (Å²) < 4.78 is 5.58. The Bertz CT molecular complexity index is 531. The summed E-state index contributed by atoms with van der Waals surface area (Å²) in [6.07, 6.45) is 1.89. The molecule has 1 aliphatic rings. The first-order valence-electron chi connectivity index (χ1n) is 8.45. The highest BCUT2D eigenvalue weighted by Crippen LogP contribution is 2.38. The number of ether oxygens (including phenoxy) is 1. The predicted octanol–water partition coefficient (Wildman–Crippen LogP) is 3.97. The highest BCUT2D eigenvalue weighted by molar-refractivity contribution is 14.0. The van der Waals surface area contributed by atoms with E-state index in [0.29, 0.717) is 12.6 Å². The molecular formula is C18H29ClIN3O. The molecule has 1 fully saturated rings. The summed E-state index contributed by atoms with van der Waals surface area (Å²) >= 11 is 6.49. The van der Waals surface area contributed by atoms with Crippen LogP contribution < -0.4 is 10.6 Å². The van der Waals surface area contributed by atoms with Crippen LogP contribution in [0.15, 0.2) is 29.3 Å². The van der Waals surface area contributed by atoms with Gasteiger partial charge in [-0.3, -0.25) is 4.99 Å². The molecule has 0 radical (unpaired) electrons. The van der Waals surface area contributed by atoms with Gasteiger partial charge in [-0.05, 0) is 45.2 Å². The van der Waals surface area contributed by atoms with E-state index in [-0.39, 0.29) is 29.4 Å². The van der Waals surface area contributed by atoms with Crippen LogP contribution in [0.4, 0.5) is 0 Å². The van der Waals surface area contributed by atoms with E-state index >= 15 is 0 Å². The standard InChI is InChI=1S/C18H28ClN3O.HI/c1-4-20-17(22-14(2)3)21-13-18(9-11-23-12-10-18)15-7-5-6-8-16(15)19;/h5-8,14H,4,9-13H2,1-3H3,(H2,20,21,22);1H. The quantitative estimate of drug-likeness (QED) is 0.393. The fourth-order valence-corrected chi connectivity index (χ4v) is 3.33. The zero-order chi connectivity index (χ0) is 16.7. The van der Waals surface area contributed by atoms with E-state index in [1.165, 1.54) is 5.56 Å². The van der Waals surface area contributed by atoms with Crippen molar-refractivity contribution in [2.45, 2.75) is 45.1 Å². The summed E-state index contributed by atoms with van der Waals surface area (Å²) in [5.74, 6) is 0.862. The lowest BCUT2D eigenvalue weighted by Gasteiger charge is -2.37. The van der Waals surface area contributed by atoms with E-state index in [4.69, 9.17) is 21.3 Å². The molecule has 0 unspecified atom stereocenters. The molecule has 0 saturated carbocycles. The molecule has 0 spiro atoms. The molecule has 0 amide bonds. The van der Waals surface area contributed by atoms with Gasteiger partial charge in [0.1, 0.15) is 0 Å². The highest BCUT2D eigenvalue weighted by atomic mass is 127. The van der Waals surface area contributed by atoms with Crippen LogP contribution >= 0.6 is 35.6 Å². The summed E-state index contributed by atoms with van der Waals surface area (Å²) in [5, 5.41) is 7.52. The number of nitrogens with one attached hydrogen (secondary N) is 2. The van der Waals surface area contributed by atoms with Crippen LogP contribution in [-0.2, 0) is 10.2 Å². The van der Waals surface area contributed by atoms with Gasteiger partial charge >= 0.3 is 0 Å². The van der Waals surface area contributed by atoms with Crippen molar-refractivity contribution in [2.75, 3.05) is 26.3 Å². The van der Waals surface area contributed by atoms with Gasteiger partial charge < -0.3 is 15.4 Å². The fourth-order valence-electron chi connectivity index (χ4n) is 2.99. The molecule has 4 nitrogen and oxygen atoms in total. The van der Waals surface area contributed by atoms with E-state index in [2.05, 4.69) is 43.5 Å². The van der Waals surface area contributed by atoms with Gasteiger partial charge in [0.2, 0.25) is 0 Å². The third-order valence-electron chi connectivity index (χ3n) is 4.20. The van der Waals surface area contributed by atoms with E-state index in [1.807, 2.05) is 12.1 Å². The lowest BCUT2D eigenvalue weighted by atomic mass is 9.74. The van der Waals surface area contributed by atoms with Crippen LogP contribution in [0.5, 0.6) is 0 Å². The number of benzene rings is 1. The first kappa shape index (κ1) is 21.5. The molecule has 0 bridgehead atoms. The third-order valence-corrected chi connectivity index (χ3v) is 4.53. The number of guanidine groups is 1. The smallest absolute Gasteiger partial charge is 0.191 e. The van der Waals surface area contributed by atoms with Crippen LogP contribution in [0, 0.1) is 0 Å². The van der Waals surface area contributed by atoms with Gasteiger partial charge in [0.15, 0.2) is 5.96 Å². The molecule has 136 valence electrons. The number of hydrogen-bond donors (Lipinski definition) is 2. The summed E-state index contributed by atoms with van der Waals surface area (Å²) in [5.41, 5.74) is 1.14. The zero-order valence-corrected chi connectivity index (χ0v) is 17.9.